The monoisotopic (exact) mass is 451 g/mol. The summed E-state index contributed by atoms with van der Waals surface area (Å²) in [7, 11) is 4.13. The Morgan fingerprint density at radius 2 is 1.87 bits per heavy atom. The van der Waals surface area contributed by atoms with Gasteiger partial charge in [-0.05, 0) is 18.2 Å². The highest BCUT2D eigenvalue weighted by atomic mass is 32.2. The van der Waals surface area contributed by atoms with Crippen LogP contribution < -0.4 is 19.5 Å². The predicted octanol–water partition coefficient (Wildman–Crippen LogP) is 1.56. The molecule has 1 aromatic carbocycles. The highest BCUT2D eigenvalue weighted by Gasteiger charge is 2.25. The van der Waals surface area contributed by atoms with Gasteiger partial charge >= 0.3 is 11.9 Å². The summed E-state index contributed by atoms with van der Waals surface area (Å²) in [6.45, 7) is 0.220. The van der Waals surface area contributed by atoms with Gasteiger partial charge in [0.1, 0.15) is 17.2 Å². The number of amidine groups is 1. The second-order valence-corrected chi connectivity index (χ2v) is 6.86. The number of thioether (sulfide) groups is 1. The fourth-order valence-electron chi connectivity index (χ4n) is 2.32. The first-order valence-electron chi connectivity index (χ1n) is 8.88. The number of hydrogen-bond donors (Lipinski definition) is 2. The number of methoxy groups -OCH3 is 3. The molecule has 11 nitrogen and oxygen atoms in total. The number of ether oxygens (including phenoxy) is 4. The van der Waals surface area contributed by atoms with Crippen molar-refractivity contribution < 1.29 is 38.4 Å². The minimum Gasteiger partial charge on any atom is -0.496 e. The maximum atomic E-state index is 11.8. The first-order valence-corrected chi connectivity index (χ1v) is 9.70. The number of nitrogens with one attached hydrogen (secondary N) is 1. The molecule has 0 radical (unpaired) electrons. The Labute approximate surface area is 182 Å². The summed E-state index contributed by atoms with van der Waals surface area (Å²) in [4.78, 5) is 33.8. The van der Waals surface area contributed by atoms with Crippen LogP contribution in [0, 0.1) is 0 Å². The standard InChI is InChI=1S/C19H21N3O8S/c1-27-13-7-11(30-6-4-5-16(23)24)8-14(28-2)12(13)10-20-22-19-21-18(26)15(31-19)9-17(25)29-3/h7-10H,4-6H2,1-3H3,(H,23,24)(H,21,22,26)/b15-9+,20-10?. The Morgan fingerprint density at radius 3 is 2.45 bits per heavy atom. The number of amides is 1. The van der Waals surface area contributed by atoms with Crippen molar-refractivity contribution in [1.82, 2.24) is 5.32 Å². The number of carboxylic acids is 1. The zero-order valence-corrected chi connectivity index (χ0v) is 17.9. The molecule has 2 rings (SSSR count). The van der Waals surface area contributed by atoms with Gasteiger partial charge in [-0.3, -0.25) is 14.9 Å². The Hall–Kier alpha value is -3.54. The summed E-state index contributed by atoms with van der Waals surface area (Å²) in [6, 6.07) is 3.22. The molecule has 0 atom stereocenters. The summed E-state index contributed by atoms with van der Waals surface area (Å²) in [5.41, 5.74) is 0.479. The van der Waals surface area contributed by atoms with Crippen molar-refractivity contribution in [1.29, 1.82) is 0 Å². The molecule has 0 saturated carbocycles. The third-order valence-corrected chi connectivity index (χ3v) is 4.66. The molecule has 1 aliphatic rings. The summed E-state index contributed by atoms with van der Waals surface area (Å²) in [5.74, 6) is -0.793. The van der Waals surface area contributed by atoms with Gasteiger partial charge in [-0.25, -0.2) is 4.79 Å². The highest BCUT2D eigenvalue weighted by molar-refractivity contribution is 8.18. The largest absolute Gasteiger partial charge is 0.496 e. The second-order valence-electron chi connectivity index (χ2n) is 5.82. The van der Waals surface area contributed by atoms with E-state index in [-0.39, 0.29) is 23.1 Å². The fourth-order valence-corrected chi connectivity index (χ4v) is 3.06. The Morgan fingerprint density at radius 1 is 1.19 bits per heavy atom. The molecule has 1 aromatic rings. The maximum Gasteiger partial charge on any atom is 0.331 e. The molecular weight excluding hydrogens is 430 g/mol. The third-order valence-electron chi connectivity index (χ3n) is 3.76. The number of nitrogens with zero attached hydrogens (tertiary/aromatic N) is 2. The molecule has 0 aromatic heterocycles. The van der Waals surface area contributed by atoms with Crippen molar-refractivity contribution in [2.24, 2.45) is 10.2 Å². The number of benzene rings is 1. The van der Waals surface area contributed by atoms with Crippen LogP contribution in [0.25, 0.3) is 0 Å². The number of esters is 1. The number of carboxylic acid groups (broad SMARTS) is 1. The van der Waals surface area contributed by atoms with Crippen LogP contribution in [0.4, 0.5) is 0 Å². The van der Waals surface area contributed by atoms with E-state index in [2.05, 4.69) is 20.3 Å². The third kappa shape index (κ3) is 7.03. The molecule has 1 saturated heterocycles. The lowest BCUT2D eigenvalue weighted by molar-refractivity contribution is -0.137. The van der Waals surface area contributed by atoms with Gasteiger partial charge in [-0.15, -0.1) is 5.10 Å². The van der Waals surface area contributed by atoms with Crippen LogP contribution in [0.2, 0.25) is 0 Å². The van der Waals surface area contributed by atoms with Crippen LogP contribution in [0.15, 0.2) is 33.3 Å². The Balaban J connectivity index is 2.14. The fraction of sp³-hybridized carbons (Fsp3) is 0.316. The van der Waals surface area contributed by atoms with Crippen molar-refractivity contribution in [2.45, 2.75) is 12.8 Å². The lowest BCUT2D eigenvalue weighted by atomic mass is 10.2. The van der Waals surface area contributed by atoms with E-state index in [4.69, 9.17) is 19.3 Å². The average molecular weight is 451 g/mol. The highest BCUT2D eigenvalue weighted by Crippen LogP contribution is 2.33. The molecule has 166 valence electrons. The molecule has 2 N–H and O–H groups in total. The molecule has 0 aliphatic carbocycles. The first-order chi connectivity index (χ1) is 14.9. The maximum absolute atomic E-state index is 11.8. The van der Waals surface area contributed by atoms with Gasteiger partial charge in [0.25, 0.3) is 5.91 Å². The van der Waals surface area contributed by atoms with Gasteiger partial charge in [-0.2, -0.15) is 5.10 Å². The van der Waals surface area contributed by atoms with Gasteiger partial charge < -0.3 is 24.1 Å². The van der Waals surface area contributed by atoms with E-state index in [1.165, 1.54) is 27.5 Å². The summed E-state index contributed by atoms with van der Waals surface area (Å²) >= 11 is 0.945. The molecule has 0 bridgehead atoms. The van der Waals surface area contributed by atoms with Crippen molar-refractivity contribution in [3.63, 3.8) is 0 Å². The van der Waals surface area contributed by atoms with E-state index in [1.54, 1.807) is 12.1 Å². The van der Waals surface area contributed by atoms with E-state index in [9.17, 15) is 14.4 Å². The zero-order valence-electron chi connectivity index (χ0n) is 17.0. The molecule has 1 fully saturated rings. The molecular formula is C19H21N3O8S. The number of carbonyl (C=O) groups is 3. The van der Waals surface area contributed by atoms with Crippen LogP contribution >= 0.6 is 11.8 Å². The van der Waals surface area contributed by atoms with Crippen LogP contribution in [0.5, 0.6) is 17.2 Å². The van der Waals surface area contributed by atoms with Crippen LogP contribution in [-0.2, 0) is 19.1 Å². The topological polar surface area (TPSA) is 145 Å². The average Bonchev–Trinajstić information content (AvgIpc) is 3.09. The van der Waals surface area contributed by atoms with E-state index in [0.717, 1.165) is 17.8 Å². The second kappa shape index (κ2) is 11.6. The van der Waals surface area contributed by atoms with Crippen LogP contribution in [0.3, 0.4) is 0 Å². The molecule has 1 aliphatic heterocycles. The van der Waals surface area contributed by atoms with Crippen molar-refractivity contribution >= 4 is 41.0 Å². The minimum absolute atomic E-state index is 0.00440. The van der Waals surface area contributed by atoms with Gasteiger partial charge in [-0.1, -0.05) is 0 Å². The summed E-state index contributed by atoms with van der Waals surface area (Å²) < 4.78 is 20.8. The SMILES string of the molecule is COC(=O)/C=C1/S/C(=N\N=Cc2c(OC)cc(OCCCC(=O)O)cc2OC)NC1=O. The summed E-state index contributed by atoms with van der Waals surface area (Å²) in [6.07, 6.45) is 2.81. The minimum atomic E-state index is -0.892. The molecule has 12 heteroatoms. The van der Waals surface area contributed by atoms with Gasteiger partial charge in [0, 0.05) is 24.6 Å². The van der Waals surface area contributed by atoms with E-state index in [1.807, 2.05) is 0 Å². The Kier molecular flexibility index (Phi) is 8.88. The quantitative estimate of drug-likeness (QED) is 0.178. The van der Waals surface area contributed by atoms with Gasteiger partial charge in [0.15, 0.2) is 5.17 Å². The van der Waals surface area contributed by atoms with Gasteiger partial charge in [0.05, 0.1) is 44.6 Å². The van der Waals surface area contributed by atoms with Crippen molar-refractivity contribution in [3.8, 4) is 17.2 Å². The number of hydrogen-bond acceptors (Lipinski definition) is 10. The Bertz CT molecular complexity index is 917. The van der Waals surface area contributed by atoms with E-state index >= 15 is 0 Å². The van der Waals surface area contributed by atoms with Crippen LogP contribution in [-0.4, -0.2) is 62.3 Å². The molecule has 1 amide bonds. The predicted molar refractivity (Wildman–Crippen MR) is 113 cm³/mol. The molecule has 31 heavy (non-hydrogen) atoms. The number of aliphatic carboxylic acids is 1. The van der Waals surface area contributed by atoms with Gasteiger partial charge in [0.2, 0.25) is 0 Å². The van der Waals surface area contributed by atoms with E-state index < -0.39 is 17.8 Å². The molecule has 0 spiro atoms. The number of rotatable bonds is 10. The smallest absolute Gasteiger partial charge is 0.331 e. The zero-order chi connectivity index (χ0) is 22.8. The lowest BCUT2D eigenvalue weighted by Gasteiger charge is -2.13. The number of carbonyl (C=O) groups excluding carboxylic acids is 2. The summed E-state index contributed by atoms with van der Waals surface area (Å²) in [5, 5.41) is 19.2. The normalized spacial score (nSPS) is 15.9. The van der Waals surface area contributed by atoms with Crippen molar-refractivity contribution in [2.75, 3.05) is 27.9 Å². The lowest BCUT2D eigenvalue weighted by Crippen LogP contribution is -2.19. The van der Waals surface area contributed by atoms with Crippen molar-refractivity contribution in [3.05, 3.63) is 28.7 Å². The molecule has 1 heterocycles. The molecule has 0 unspecified atom stereocenters. The van der Waals surface area contributed by atoms with Crippen LogP contribution in [0.1, 0.15) is 18.4 Å². The van der Waals surface area contributed by atoms with E-state index in [0.29, 0.717) is 29.2 Å². The first kappa shape index (κ1) is 23.7.